The second kappa shape index (κ2) is 11.7. The van der Waals surface area contributed by atoms with E-state index in [1.54, 1.807) is 0 Å². The van der Waals surface area contributed by atoms with E-state index in [4.69, 9.17) is 20.3 Å². The van der Waals surface area contributed by atoms with Crippen LogP contribution in [0.2, 0.25) is 0 Å². The van der Waals surface area contributed by atoms with Crippen LogP contribution in [0.1, 0.15) is 75.8 Å². The summed E-state index contributed by atoms with van der Waals surface area (Å²) in [5.74, 6) is 0.967. The van der Waals surface area contributed by atoms with Crippen LogP contribution in [0.3, 0.4) is 0 Å². The van der Waals surface area contributed by atoms with Gasteiger partial charge in [0.05, 0.1) is 5.69 Å². The van der Waals surface area contributed by atoms with Crippen LogP contribution in [0, 0.1) is 5.92 Å². The van der Waals surface area contributed by atoms with Gasteiger partial charge in [-0.3, -0.25) is 9.69 Å². The van der Waals surface area contributed by atoms with Gasteiger partial charge in [0.1, 0.15) is 12.8 Å². The van der Waals surface area contributed by atoms with E-state index in [0.29, 0.717) is 31.3 Å². The molecule has 2 aliphatic rings. The standard InChI is InChI=1S/C23H39N5O4/c1-17(2)14-20(29)27-9-7-18(8-10-27)22-19(15-26(3)11-13-32-23(24)30)16-28(25-22)21-6-4-5-12-31-21/h16-18,21H,4-15H2,1-3H3,(H2,24,30). The van der Waals surface area contributed by atoms with Crippen molar-refractivity contribution in [2.45, 2.75) is 71.1 Å². The smallest absolute Gasteiger partial charge is 0.404 e. The number of nitrogens with two attached hydrogens (primary N) is 1. The van der Waals surface area contributed by atoms with Gasteiger partial charge in [-0.1, -0.05) is 13.8 Å². The quantitative estimate of drug-likeness (QED) is 0.622. The predicted octanol–water partition coefficient (Wildman–Crippen LogP) is 2.86. The maximum Gasteiger partial charge on any atom is 0.404 e. The Bertz CT molecular complexity index is 752. The molecule has 9 nitrogen and oxygen atoms in total. The molecule has 2 amide bonds. The second-order valence-corrected chi connectivity index (χ2v) is 9.50. The molecular weight excluding hydrogens is 410 g/mol. The third-order valence-corrected chi connectivity index (χ3v) is 6.27. The van der Waals surface area contributed by atoms with Crippen LogP contribution in [0.5, 0.6) is 0 Å². The monoisotopic (exact) mass is 449 g/mol. The molecule has 9 heteroatoms. The molecule has 0 aliphatic carbocycles. The zero-order chi connectivity index (χ0) is 23.1. The Kier molecular flexibility index (Phi) is 8.92. The number of aromatic nitrogens is 2. The Hall–Kier alpha value is -2.13. The average molecular weight is 450 g/mol. The third kappa shape index (κ3) is 6.93. The zero-order valence-corrected chi connectivity index (χ0v) is 19.8. The summed E-state index contributed by atoms with van der Waals surface area (Å²) in [5.41, 5.74) is 7.35. The van der Waals surface area contributed by atoms with Crippen molar-refractivity contribution in [2.24, 2.45) is 11.7 Å². The molecule has 1 aromatic heterocycles. The third-order valence-electron chi connectivity index (χ3n) is 6.27. The minimum Gasteiger partial charge on any atom is -0.448 e. The fraction of sp³-hybridized carbons (Fsp3) is 0.783. The lowest BCUT2D eigenvalue weighted by Crippen LogP contribution is -2.38. The maximum atomic E-state index is 12.5. The number of amides is 2. The van der Waals surface area contributed by atoms with Crippen molar-refractivity contribution in [3.8, 4) is 0 Å². The van der Waals surface area contributed by atoms with Gasteiger partial charge in [-0.05, 0) is 45.1 Å². The number of likely N-dealkylation sites (N-methyl/N-ethyl adjacent to an activating group) is 1. The Morgan fingerprint density at radius 1 is 1.28 bits per heavy atom. The van der Waals surface area contributed by atoms with Crippen LogP contribution in [0.15, 0.2) is 6.20 Å². The van der Waals surface area contributed by atoms with E-state index >= 15 is 0 Å². The number of nitrogens with zero attached hydrogens (tertiary/aromatic N) is 4. The Morgan fingerprint density at radius 2 is 2.03 bits per heavy atom. The number of likely N-dealkylation sites (tertiary alicyclic amines) is 1. The number of carbonyl (C=O) groups is 2. The first-order chi connectivity index (χ1) is 15.3. The molecule has 2 fully saturated rings. The molecule has 0 spiro atoms. The van der Waals surface area contributed by atoms with E-state index in [9.17, 15) is 9.59 Å². The van der Waals surface area contributed by atoms with E-state index in [1.165, 1.54) is 5.56 Å². The molecule has 1 aromatic rings. The van der Waals surface area contributed by atoms with Crippen LogP contribution in [0.4, 0.5) is 4.79 Å². The first kappa shape index (κ1) is 24.5. The number of rotatable bonds is 9. The van der Waals surface area contributed by atoms with Crippen LogP contribution >= 0.6 is 0 Å². The summed E-state index contributed by atoms with van der Waals surface area (Å²) in [4.78, 5) is 27.4. The first-order valence-electron chi connectivity index (χ1n) is 11.9. The molecular formula is C23H39N5O4. The van der Waals surface area contributed by atoms with E-state index in [0.717, 1.165) is 57.5 Å². The molecule has 2 aliphatic heterocycles. The van der Waals surface area contributed by atoms with Gasteiger partial charge in [-0.25, -0.2) is 9.48 Å². The number of ether oxygens (including phenoxy) is 2. The molecule has 0 radical (unpaired) electrons. The van der Waals surface area contributed by atoms with Crippen LogP contribution in [-0.4, -0.2) is 71.5 Å². The summed E-state index contributed by atoms with van der Waals surface area (Å²) >= 11 is 0. The second-order valence-electron chi connectivity index (χ2n) is 9.50. The molecule has 0 aromatic carbocycles. The molecule has 2 N–H and O–H groups in total. The number of hydrogen-bond acceptors (Lipinski definition) is 6. The lowest BCUT2D eigenvalue weighted by Gasteiger charge is -2.32. The fourth-order valence-electron chi connectivity index (χ4n) is 4.54. The van der Waals surface area contributed by atoms with E-state index < -0.39 is 6.09 Å². The Morgan fingerprint density at radius 3 is 2.66 bits per heavy atom. The highest BCUT2D eigenvalue weighted by atomic mass is 16.5. The zero-order valence-electron chi connectivity index (χ0n) is 19.8. The van der Waals surface area contributed by atoms with Gasteiger partial charge in [-0.15, -0.1) is 0 Å². The van der Waals surface area contributed by atoms with Gasteiger partial charge < -0.3 is 20.1 Å². The van der Waals surface area contributed by atoms with Gasteiger partial charge in [0.2, 0.25) is 5.91 Å². The van der Waals surface area contributed by atoms with Crippen molar-refractivity contribution in [3.05, 3.63) is 17.5 Å². The van der Waals surface area contributed by atoms with Crippen LogP contribution in [-0.2, 0) is 20.8 Å². The van der Waals surface area contributed by atoms with E-state index in [2.05, 4.69) is 24.9 Å². The molecule has 2 saturated heterocycles. The topological polar surface area (TPSA) is 103 Å². The normalized spacial score (nSPS) is 20.2. The van der Waals surface area contributed by atoms with Crippen molar-refractivity contribution < 1.29 is 19.1 Å². The summed E-state index contributed by atoms with van der Waals surface area (Å²) in [6.45, 7) is 8.07. The first-order valence-corrected chi connectivity index (χ1v) is 11.9. The van der Waals surface area contributed by atoms with Crippen LogP contribution < -0.4 is 5.73 Å². The highest BCUT2D eigenvalue weighted by Crippen LogP contribution is 2.32. The average Bonchev–Trinajstić information content (AvgIpc) is 3.17. The van der Waals surface area contributed by atoms with Gasteiger partial charge in [-0.2, -0.15) is 5.10 Å². The van der Waals surface area contributed by atoms with Crippen molar-refractivity contribution >= 4 is 12.0 Å². The lowest BCUT2D eigenvalue weighted by molar-refractivity contribution is -0.133. The fourth-order valence-corrected chi connectivity index (χ4v) is 4.54. The minimum atomic E-state index is -0.750. The Labute approximate surface area is 191 Å². The molecule has 0 saturated carbocycles. The van der Waals surface area contributed by atoms with Gasteiger partial charge >= 0.3 is 6.09 Å². The summed E-state index contributed by atoms with van der Waals surface area (Å²) in [7, 11) is 2.00. The van der Waals surface area contributed by atoms with Crippen molar-refractivity contribution in [1.29, 1.82) is 0 Å². The molecule has 1 unspecified atom stereocenters. The van der Waals surface area contributed by atoms with Crippen molar-refractivity contribution in [2.75, 3.05) is 39.9 Å². The number of piperidine rings is 1. The SMILES string of the molecule is CC(C)CC(=O)N1CCC(c2nn(C3CCCCO3)cc2CN(C)CCOC(N)=O)CC1. The Balaban J connectivity index is 1.68. The highest BCUT2D eigenvalue weighted by Gasteiger charge is 2.29. The maximum absolute atomic E-state index is 12.5. The summed E-state index contributed by atoms with van der Waals surface area (Å²) in [5, 5.41) is 4.99. The van der Waals surface area contributed by atoms with Crippen molar-refractivity contribution in [1.82, 2.24) is 19.6 Å². The number of carbonyl (C=O) groups excluding carboxylic acids is 2. The highest BCUT2D eigenvalue weighted by molar-refractivity contribution is 5.76. The van der Waals surface area contributed by atoms with E-state index in [-0.39, 0.29) is 18.7 Å². The molecule has 1 atom stereocenters. The van der Waals surface area contributed by atoms with Gasteiger partial charge in [0, 0.05) is 56.9 Å². The molecule has 32 heavy (non-hydrogen) atoms. The molecule has 3 rings (SSSR count). The number of primary amides is 1. The van der Waals surface area contributed by atoms with Crippen LogP contribution in [0.25, 0.3) is 0 Å². The van der Waals surface area contributed by atoms with E-state index in [1.807, 2.05) is 16.6 Å². The molecule has 3 heterocycles. The largest absolute Gasteiger partial charge is 0.448 e. The minimum absolute atomic E-state index is 0.00698. The predicted molar refractivity (Wildman–Crippen MR) is 121 cm³/mol. The number of hydrogen-bond donors (Lipinski definition) is 1. The molecule has 0 bridgehead atoms. The lowest BCUT2D eigenvalue weighted by atomic mass is 9.91. The van der Waals surface area contributed by atoms with Gasteiger partial charge in [0.15, 0.2) is 0 Å². The van der Waals surface area contributed by atoms with Gasteiger partial charge in [0.25, 0.3) is 0 Å². The molecule has 180 valence electrons. The van der Waals surface area contributed by atoms with Crippen molar-refractivity contribution in [3.63, 3.8) is 0 Å². The summed E-state index contributed by atoms with van der Waals surface area (Å²) < 4.78 is 12.8. The summed E-state index contributed by atoms with van der Waals surface area (Å²) in [6, 6.07) is 0. The summed E-state index contributed by atoms with van der Waals surface area (Å²) in [6.07, 6.45) is 7.05.